The van der Waals surface area contributed by atoms with E-state index >= 15 is 0 Å². The van der Waals surface area contributed by atoms with Gasteiger partial charge in [-0.1, -0.05) is 73.7 Å². The zero-order valence-corrected chi connectivity index (χ0v) is 28.9. The lowest BCUT2D eigenvalue weighted by atomic mass is 9.93. The summed E-state index contributed by atoms with van der Waals surface area (Å²) in [5.74, 6) is -0.743. The topological polar surface area (TPSA) is 93.9 Å². The quantitative estimate of drug-likeness (QED) is 0.0919. The van der Waals surface area contributed by atoms with Crippen LogP contribution in [0, 0.1) is 0 Å². The standard InChI is InChI=1S/C35H42BrCl2N3O4/c1-2-17-41(27-12-4-3-5-13-27)23-26-20-25(21-28(36)33(26)39)35(43)45-19-9-8-18-44-32(42)22-24-11-6-7-16-31(24)40-34-29(37)14-10-15-30(34)38/h6-7,10-11,14-16,20-21,27,40H,2-5,8-9,12-13,17-19,22-23,39H2,1H3. The third-order valence-corrected chi connectivity index (χ3v) is 9.32. The molecule has 0 aliphatic heterocycles. The molecule has 0 amide bonds. The first-order valence-corrected chi connectivity index (χ1v) is 17.2. The Bertz CT molecular complexity index is 1430. The van der Waals surface area contributed by atoms with Gasteiger partial charge >= 0.3 is 11.9 Å². The molecular weight excluding hydrogens is 677 g/mol. The van der Waals surface area contributed by atoms with Gasteiger partial charge in [-0.3, -0.25) is 9.69 Å². The Morgan fingerprint density at radius 2 is 1.64 bits per heavy atom. The second-order valence-electron chi connectivity index (χ2n) is 11.4. The Hall–Kier alpha value is -2.78. The number of nitrogens with two attached hydrogens (primary N) is 1. The Kier molecular flexibility index (Phi) is 13.9. The molecule has 0 bridgehead atoms. The molecule has 4 rings (SSSR count). The van der Waals surface area contributed by atoms with Gasteiger partial charge in [0.05, 0.1) is 46.6 Å². The molecule has 45 heavy (non-hydrogen) atoms. The maximum absolute atomic E-state index is 12.9. The number of nitrogens with zero attached hydrogens (tertiary/aromatic N) is 1. The molecule has 242 valence electrons. The molecule has 0 heterocycles. The van der Waals surface area contributed by atoms with E-state index in [1.165, 1.54) is 32.1 Å². The highest BCUT2D eigenvalue weighted by molar-refractivity contribution is 9.10. The summed E-state index contributed by atoms with van der Waals surface area (Å²) in [4.78, 5) is 28.0. The molecule has 10 heteroatoms. The van der Waals surface area contributed by atoms with E-state index in [-0.39, 0.29) is 25.6 Å². The average Bonchev–Trinajstić information content (AvgIpc) is 3.03. The summed E-state index contributed by atoms with van der Waals surface area (Å²) in [6.07, 6.45) is 8.55. The second kappa shape index (κ2) is 17.8. The monoisotopic (exact) mass is 717 g/mol. The van der Waals surface area contributed by atoms with Crippen molar-refractivity contribution in [2.24, 2.45) is 0 Å². The number of carbonyl (C=O) groups excluding carboxylic acids is 2. The van der Waals surface area contributed by atoms with Crippen molar-refractivity contribution in [2.75, 3.05) is 30.8 Å². The van der Waals surface area contributed by atoms with Gasteiger partial charge in [0.1, 0.15) is 0 Å². The Balaban J connectivity index is 1.22. The molecule has 3 aromatic carbocycles. The Labute approximate surface area is 284 Å². The van der Waals surface area contributed by atoms with Crippen molar-refractivity contribution < 1.29 is 19.1 Å². The summed E-state index contributed by atoms with van der Waals surface area (Å²) in [6.45, 7) is 4.36. The van der Waals surface area contributed by atoms with Gasteiger partial charge < -0.3 is 20.5 Å². The molecule has 7 nitrogen and oxygen atoms in total. The van der Waals surface area contributed by atoms with Crippen LogP contribution in [-0.2, 0) is 27.2 Å². The van der Waals surface area contributed by atoms with Crippen molar-refractivity contribution in [3.63, 3.8) is 0 Å². The number of nitrogens with one attached hydrogen (secondary N) is 1. The molecule has 1 aliphatic carbocycles. The van der Waals surface area contributed by atoms with Crippen molar-refractivity contribution in [1.29, 1.82) is 0 Å². The predicted octanol–water partition coefficient (Wildman–Crippen LogP) is 9.35. The van der Waals surface area contributed by atoms with Crippen molar-refractivity contribution in [3.8, 4) is 0 Å². The molecule has 0 saturated heterocycles. The third-order valence-electron chi connectivity index (χ3n) is 8.04. The van der Waals surface area contributed by atoms with Gasteiger partial charge in [-0.2, -0.15) is 0 Å². The fourth-order valence-corrected chi connectivity index (χ4v) is 6.65. The van der Waals surface area contributed by atoms with Gasteiger partial charge in [0.2, 0.25) is 0 Å². The summed E-state index contributed by atoms with van der Waals surface area (Å²) in [5.41, 5.74) is 10.6. The molecule has 1 aliphatic rings. The number of anilines is 3. The Morgan fingerprint density at radius 1 is 0.956 bits per heavy atom. The summed E-state index contributed by atoms with van der Waals surface area (Å²) in [5, 5.41) is 4.20. The lowest BCUT2D eigenvalue weighted by Gasteiger charge is -2.34. The highest BCUT2D eigenvalue weighted by Gasteiger charge is 2.23. The highest BCUT2D eigenvalue weighted by Crippen LogP contribution is 2.34. The number of halogens is 3. The fraction of sp³-hybridized carbons (Fsp3) is 0.429. The highest BCUT2D eigenvalue weighted by atomic mass is 79.9. The minimum atomic E-state index is -0.392. The Morgan fingerprint density at radius 3 is 2.36 bits per heavy atom. The summed E-state index contributed by atoms with van der Waals surface area (Å²) in [6, 6.07) is 16.8. The van der Waals surface area contributed by atoms with E-state index in [2.05, 4.69) is 33.1 Å². The number of nitrogen functional groups attached to an aromatic ring is 1. The number of carbonyl (C=O) groups is 2. The third kappa shape index (κ3) is 10.4. The van der Waals surface area contributed by atoms with Crippen LogP contribution in [0.5, 0.6) is 0 Å². The van der Waals surface area contributed by atoms with Gasteiger partial charge in [-0.05, 0) is 96.0 Å². The van der Waals surface area contributed by atoms with Crippen LogP contribution < -0.4 is 11.1 Å². The minimum Gasteiger partial charge on any atom is -0.465 e. The number of hydrogen-bond acceptors (Lipinski definition) is 7. The van der Waals surface area contributed by atoms with E-state index in [1.807, 2.05) is 30.3 Å². The molecule has 1 fully saturated rings. The molecular formula is C35H42BrCl2N3O4. The van der Waals surface area contributed by atoms with Crippen molar-refractivity contribution in [2.45, 2.75) is 77.3 Å². The normalized spacial score (nSPS) is 13.5. The van der Waals surface area contributed by atoms with E-state index in [0.29, 0.717) is 56.9 Å². The number of para-hydroxylation sites is 2. The molecule has 0 radical (unpaired) electrons. The van der Waals surface area contributed by atoms with E-state index in [9.17, 15) is 9.59 Å². The maximum Gasteiger partial charge on any atom is 0.338 e. The second-order valence-corrected chi connectivity index (χ2v) is 13.1. The van der Waals surface area contributed by atoms with E-state index in [0.717, 1.165) is 29.8 Å². The number of unbranched alkanes of at least 4 members (excludes halogenated alkanes) is 1. The molecule has 3 N–H and O–H groups in total. The lowest BCUT2D eigenvalue weighted by Crippen LogP contribution is -2.37. The van der Waals surface area contributed by atoms with Crippen LogP contribution in [0.15, 0.2) is 59.1 Å². The van der Waals surface area contributed by atoms with Crippen LogP contribution >= 0.6 is 39.1 Å². The lowest BCUT2D eigenvalue weighted by molar-refractivity contribution is -0.143. The SMILES string of the molecule is CCCN(Cc1cc(C(=O)OCCCCOC(=O)Cc2ccccc2Nc2c(Cl)cccc2Cl)cc(Br)c1N)C1CCCCC1. The van der Waals surface area contributed by atoms with Crippen LogP contribution in [0.3, 0.4) is 0 Å². The van der Waals surface area contributed by atoms with E-state index in [4.69, 9.17) is 38.4 Å². The van der Waals surface area contributed by atoms with Crippen LogP contribution in [0.1, 0.15) is 79.8 Å². The van der Waals surface area contributed by atoms with Crippen molar-refractivity contribution >= 4 is 68.1 Å². The first-order chi connectivity index (χ1) is 21.8. The molecule has 0 atom stereocenters. The molecule has 0 aromatic heterocycles. The average molecular weight is 720 g/mol. The first-order valence-electron chi connectivity index (χ1n) is 15.7. The number of hydrogen-bond donors (Lipinski definition) is 2. The van der Waals surface area contributed by atoms with Crippen LogP contribution in [0.4, 0.5) is 17.1 Å². The zero-order valence-electron chi connectivity index (χ0n) is 25.8. The van der Waals surface area contributed by atoms with Crippen LogP contribution in [-0.4, -0.2) is 42.6 Å². The molecule has 3 aromatic rings. The van der Waals surface area contributed by atoms with Gasteiger partial charge in [0.25, 0.3) is 0 Å². The van der Waals surface area contributed by atoms with Crippen molar-refractivity contribution in [1.82, 2.24) is 4.90 Å². The number of esters is 2. The summed E-state index contributed by atoms with van der Waals surface area (Å²) in [7, 11) is 0. The van der Waals surface area contributed by atoms with Gasteiger partial charge in [0, 0.05) is 22.7 Å². The summed E-state index contributed by atoms with van der Waals surface area (Å²) >= 11 is 16.1. The number of ether oxygens (including phenoxy) is 2. The van der Waals surface area contributed by atoms with Gasteiger partial charge in [-0.15, -0.1) is 0 Å². The fourth-order valence-electron chi connectivity index (χ4n) is 5.66. The predicted molar refractivity (Wildman–Crippen MR) is 186 cm³/mol. The first kappa shape index (κ1) is 35.1. The van der Waals surface area contributed by atoms with E-state index < -0.39 is 5.97 Å². The zero-order chi connectivity index (χ0) is 32.2. The van der Waals surface area contributed by atoms with Crippen LogP contribution in [0.2, 0.25) is 10.0 Å². The molecule has 1 saturated carbocycles. The maximum atomic E-state index is 12.9. The van der Waals surface area contributed by atoms with Crippen molar-refractivity contribution in [3.05, 3.63) is 85.8 Å². The van der Waals surface area contributed by atoms with Gasteiger partial charge in [-0.25, -0.2) is 4.79 Å². The minimum absolute atomic E-state index is 0.0883. The molecule has 0 spiro atoms. The number of rotatable bonds is 15. The summed E-state index contributed by atoms with van der Waals surface area (Å²) < 4.78 is 11.7. The number of benzene rings is 3. The largest absolute Gasteiger partial charge is 0.465 e. The molecule has 0 unspecified atom stereocenters. The van der Waals surface area contributed by atoms with Gasteiger partial charge in [0.15, 0.2) is 0 Å². The van der Waals surface area contributed by atoms with Crippen LogP contribution in [0.25, 0.3) is 0 Å². The smallest absolute Gasteiger partial charge is 0.338 e. The van der Waals surface area contributed by atoms with E-state index in [1.54, 1.807) is 24.3 Å².